The Morgan fingerprint density at radius 3 is 2.78 bits per heavy atom. The summed E-state index contributed by atoms with van der Waals surface area (Å²) in [4.78, 5) is 30.0. The van der Waals surface area contributed by atoms with Crippen molar-refractivity contribution in [3.63, 3.8) is 0 Å². The molecule has 1 amide bonds. The maximum Gasteiger partial charge on any atom is 0.339 e. The Hall–Kier alpha value is -2.18. The number of hydrogen-bond donors (Lipinski definition) is 3. The highest BCUT2D eigenvalue weighted by molar-refractivity contribution is 5.88. The molecule has 2 rings (SSSR count). The monoisotopic (exact) mass is 250 g/mol. The van der Waals surface area contributed by atoms with Crippen LogP contribution in [0.1, 0.15) is 28.9 Å². The van der Waals surface area contributed by atoms with Crippen LogP contribution in [0.15, 0.2) is 6.20 Å². The average molecular weight is 250 g/mol. The van der Waals surface area contributed by atoms with E-state index in [2.05, 4.69) is 20.6 Å². The largest absolute Gasteiger partial charge is 0.478 e. The minimum atomic E-state index is -1.06. The van der Waals surface area contributed by atoms with Crippen LogP contribution in [0.2, 0.25) is 0 Å². The van der Waals surface area contributed by atoms with Gasteiger partial charge in [0.15, 0.2) is 0 Å². The number of hydrogen-bond acceptors (Lipinski definition) is 5. The third-order valence-electron chi connectivity index (χ3n) is 2.56. The molecule has 0 aromatic carbocycles. The summed E-state index contributed by atoms with van der Waals surface area (Å²) in [5.74, 6) is -0.921. The molecule has 0 atom stereocenters. The van der Waals surface area contributed by atoms with Crippen LogP contribution >= 0.6 is 0 Å². The summed E-state index contributed by atoms with van der Waals surface area (Å²) < 4.78 is 0. The number of aromatic nitrogens is 2. The van der Waals surface area contributed by atoms with Crippen LogP contribution in [-0.4, -0.2) is 39.5 Å². The fraction of sp³-hybridized carbons (Fsp3) is 0.455. The lowest BCUT2D eigenvalue weighted by Crippen LogP contribution is -2.31. The highest BCUT2D eigenvalue weighted by atomic mass is 16.4. The van der Waals surface area contributed by atoms with Gasteiger partial charge in [0.25, 0.3) is 0 Å². The molecule has 1 aromatic heterocycles. The predicted molar refractivity (Wildman–Crippen MR) is 63.4 cm³/mol. The maximum absolute atomic E-state index is 11.4. The zero-order chi connectivity index (χ0) is 13.1. The van der Waals surface area contributed by atoms with Crippen LogP contribution in [0.25, 0.3) is 0 Å². The summed E-state index contributed by atoms with van der Waals surface area (Å²) in [5, 5.41) is 14.4. The van der Waals surface area contributed by atoms with E-state index in [4.69, 9.17) is 5.11 Å². The van der Waals surface area contributed by atoms with Gasteiger partial charge in [0.05, 0.1) is 17.8 Å². The van der Waals surface area contributed by atoms with Crippen LogP contribution in [-0.2, 0) is 4.79 Å². The van der Waals surface area contributed by atoms with E-state index in [0.29, 0.717) is 11.7 Å². The molecule has 0 bridgehead atoms. The molecule has 96 valence electrons. The number of rotatable bonds is 5. The first-order valence-electron chi connectivity index (χ1n) is 5.66. The molecule has 1 saturated carbocycles. The van der Waals surface area contributed by atoms with Crippen molar-refractivity contribution in [1.82, 2.24) is 15.3 Å². The Bertz CT molecular complexity index is 485. The summed E-state index contributed by atoms with van der Waals surface area (Å²) >= 11 is 0. The lowest BCUT2D eigenvalue weighted by atomic mass is 10.2. The number of nitrogens with one attached hydrogen (secondary N) is 2. The molecule has 18 heavy (non-hydrogen) atoms. The molecule has 0 spiro atoms. The van der Waals surface area contributed by atoms with Gasteiger partial charge in [-0.15, -0.1) is 0 Å². The number of carbonyl (C=O) groups excluding carboxylic acids is 1. The van der Waals surface area contributed by atoms with Crippen LogP contribution in [0.5, 0.6) is 0 Å². The number of nitrogens with zero attached hydrogens (tertiary/aromatic N) is 2. The molecule has 0 aliphatic heterocycles. The van der Waals surface area contributed by atoms with E-state index in [9.17, 15) is 9.59 Å². The number of aryl methyl sites for hydroxylation is 1. The van der Waals surface area contributed by atoms with E-state index in [1.54, 1.807) is 6.92 Å². The molecular weight excluding hydrogens is 236 g/mol. The Kier molecular flexibility index (Phi) is 3.40. The summed E-state index contributed by atoms with van der Waals surface area (Å²) in [6.45, 7) is 1.67. The van der Waals surface area contributed by atoms with Crippen LogP contribution in [0, 0.1) is 6.92 Å². The second-order valence-electron chi connectivity index (χ2n) is 4.19. The molecule has 1 aliphatic rings. The lowest BCUT2D eigenvalue weighted by molar-refractivity contribution is -0.119. The molecule has 7 heteroatoms. The number of anilines is 1. The molecule has 0 unspecified atom stereocenters. The van der Waals surface area contributed by atoms with Crippen LogP contribution in [0.4, 0.5) is 5.95 Å². The van der Waals surface area contributed by atoms with Crippen molar-refractivity contribution >= 4 is 17.8 Å². The third-order valence-corrected chi connectivity index (χ3v) is 2.56. The highest BCUT2D eigenvalue weighted by Crippen LogP contribution is 2.18. The van der Waals surface area contributed by atoms with Crippen molar-refractivity contribution in [2.24, 2.45) is 0 Å². The second-order valence-corrected chi connectivity index (χ2v) is 4.19. The van der Waals surface area contributed by atoms with Crippen molar-refractivity contribution in [3.05, 3.63) is 17.5 Å². The van der Waals surface area contributed by atoms with Crippen LogP contribution in [0.3, 0.4) is 0 Å². The maximum atomic E-state index is 11.4. The molecule has 1 aromatic rings. The van der Waals surface area contributed by atoms with Crippen molar-refractivity contribution in [3.8, 4) is 0 Å². The predicted octanol–water partition coefficient (Wildman–Crippen LogP) is 0.174. The van der Waals surface area contributed by atoms with Crippen molar-refractivity contribution in [2.75, 3.05) is 11.9 Å². The minimum absolute atomic E-state index is 0.0583. The number of carboxylic acids is 1. The first-order chi connectivity index (χ1) is 8.56. The van der Waals surface area contributed by atoms with Crippen molar-refractivity contribution < 1.29 is 14.7 Å². The van der Waals surface area contributed by atoms with Crippen LogP contribution < -0.4 is 10.6 Å². The van der Waals surface area contributed by atoms with Gasteiger partial charge in [-0.3, -0.25) is 4.79 Å². The summed E-state index contributed by atoms with van der Waals surface area (Å²) in [7, 11) is 0. The van der Waals surface area contributed by atoms with Gasteiger partial charge in [-0.05, 0) is 19.8 Å². The number of amides is 1. The summed E-state index contributed by atoms with van der Waals surface area (Å²) in [6.07, 6.45) is 3.30. The molecule has 7 nitrogen and oxygen atoms in total. The van der Waals surface area contributed by atoms with Gasteiger partial charge in [-0.2, -0.15) is 0 Å². The molecule has 1 fully saturated rings. The Labute approximate surface area is 104 Å². The fourth-order valence-corrected chi connectivity index (χ4v) is 1.43. The Morgan fingerprint density at radius 2 is 2.22 bits per heavy atom. The normalized spacial score (nSPS) is 14.1. The van der Waals surface area contributed by atoms with Gasteiger partial charge in [0, 0.05) is 12.2 Å². The highest BCUT2D eigenvalue weighted by Gasteiger charge is 2.23. The zero-order valence-corrected chi connectivity index (χ0v) is 9.93. The Morgan fingerprint density at radius 1 is 1.50 bits per heavy atom. The third kappa shape index (κ3) is 3.16. The molecule has 1 heterocycles. The molecule has 3 N–H and O–H groups in total. The first kappa shape index (κ1) is 12.3. The fourth-order valence-electron chi connectivity index (χ4n) is 1.43. The quantitative estimate of drug-likeness (QED) is 0.688. The van der Waals surface area contributed by atoms with E-state index < -0.39 is 5.97 Å². The average Bonchev–Trinajstić information content (AvgIpc) is 3.10. The van der Waals surface area contributed by atoms with Gasteiger partial charge in [-0.25, -0.2) is 14.8 Å². The molecule has 1 aliphatic carbocycles. The summed E-state index contributed by atoms with van der Waals surface area (Å²) in [6, 6.07) is 0.316. The van der Waals surface area contributed by atoms with Crippen molar-refractivity contribution in [2.45, 2.75) is 25.8 Å². The number of carboxylic acid groups (broad SMARTS) is 1. The second kappa shape index (κ2) is 4.99. The van der Waals surface area contributed by atoms with E-state index in [-0.39, 0.29) is 24.0 Å². The van der Waals surface area contributed by atoms with Gasteiger partial charge in [0.2, 0.25) is 11.9 Å². The zero-order valence-electron chi connectivity index (χ0n) is 9.93. The smallest absolute Gasteiger partial charge is 0.339 e. The van der Waals surface area contributed by atoms with E-state index in [1.807, 2.05) is 0 Å². The lowest BCUT2D eigenvalue weighted by Gasteiger charge is -2.06. The molecule has 0 saturated heterocycles. The standard InChI is InChI=1S/C11H14N4O3/c1-6-8(10(17)18)4-12-11(14-6)13-5-9(16)15-7-2-3-7/h4,7H,2-3,5H2,1H3,(H,15,16)(H,17,18)(H,12,13,14). The van der Waals surface area contributed by atoms with Gasteiger partial charge < -0.3 is 15.7 Å². The minimum Gasteiger partial charge on any atom is -0.478 e. The van der Waals surface area contributed by atoms with Crippen molar-refractivity contribution in [1.29, 1.82) is 0 Å². The van der Waals surface area contributed by atoms with Gasteiger partial charge in [-0.1, -0.05) is 0 Å². The topological polar surface area (TPSA) is 104 Å². The number of carbonyl (C=O) groups is 2. The number of aromatic carboxylic acids is 1. The van der Waals surface area contributed by atoms with E-state index in [1.165, 1.54) is 6.20 Å². The van der Waals surface area contributed by atoms with E-state index in [0.717, 1.165) is 12.8 Å². The Balaban J connectivity index is 1.90. The molecular formula is C11H14N4O3. The van der Waals surface area contributed by atoms with E-state index >= 15 is 0 Å². The van der Waals surface area contributed by atoms with Gasteiger partial charge >= 0.3 is 5.97 Å². The SMILES string of the molecule is Cc1nc(NCC(=O)NC2CC2)ncc1C(=O)O. The van der Waals surface area contributed by atoms with Gasteiger partial charge in [0.1, 0.15) is 0 Å². The molecule has 0 radical (unpaired) electrons. The first-order valence-corrected chi connectivity index (χ1v) is 5.66. The summed E-state index contributed by atoms with van der Waals surface area (Å²) in [5.41, 5.74) is 0.422.